The molecule has 0 aliphatic rings. The third-order valence-corrected chi connectivity index (χ3v) is 7.87. The van der Waals surface area contributed by atoms with Gasteiger partial charge in [0, 0.05) is 10.8 Å². The van der Waals surface area contributed by atoms with E-state index >= 15 is 0 Å². The number of phenolic OH excluding ortho intramolecular Hbond substituents is 1. The lowest BCUT2D eigenvalue weighted by Crippen LogP contribution is -1.91. The van der Waals surface area contributed by atoms with Gasteiger partial charge in [-0.3, -0.25) is 0 Å². The normalized spacial score (nSPS) is 15.5. The van der Waals surface area contributed by atoms with Crippen LogP contribution in [-0.2, 0) is 0 Å². The molecule has 9 aromatic rings. The second-order valence-electron chi connectivity index (χ2n) is 10.4. The van der Waals surface area contributed by atoms with Crippen molar-refractivity contribution in [3.8, 4) is 39.1 Å². The highest BCUT2D eigenvalue weighted by molar-refractivity contribution is 6.22. The van der Waals surface area contributed by atoms with Crippen molar-refractivity contribution >= 4 is 54.3 Å². The fraction of sp³-hybridized carbons (Fsp3) is 0. The molecule has 0 saturated carbocycles. The van der Waals surface area contributed by atoms with E-state index in [2.05, 4.69) is 0 Å². The molecule has 1 aromatic heterocycles. The molecule has 0 radical (unpaired) electrons. The van der Waals surface area contributed by atoms with Gasteiger partial charge in [-0.25, -0.2) is 0 Å². The Hall–Kier alpha value is -5.86. The number of furan rings is 1. The van der Waals surface area contributed by atoms with Crippen molar-refractivity contribution in [3.63, 3.8) is 0 Å². The highest BCUT2D eigenvalue weighted by atomic mass is 16.3. The molecule has 1 N–H and O–H groups in total. The average Bonchev–Trinajstić information content (AvgIpc) is 3.62. The lowest BCUT2D eigenvalue weighted by atomic mass is 9.85. The van der Waals surface area contributed by atoms with E-state index < -0.39 is 48.0 Å². The Kier molecular flexibility index (Phi) is 3.39. The maximum absolute atomic E-state index is 10.5. The van der Waals surface area contributed by atoms with E-state index in [9.17, 15) is 12.0 Å². The molecule has 8 aromatic carbocycles. The Morgan fingerprint density at radius 1 is 0.409 bits per heavy atom. The minimum absolute atomic E-state index is 0.00853. The number of rotatable bonds is 3. The van der Waals surface area contributed by atoms with Gasteiger partial charge in [0.2, 0.25) is 0 Å². The van der Waals surface area contributed by atoms with Crippen molar-refractivity contribution in [1.82, 2.24) is 0 Å². The number of aromatic hydroxyl groups is 1. The van der Waals surface area contributed by atoms with Crippen LogP contribution in [0.3, 0.4) is 0 Å². The zero-order valence-electron chi connectivity index (χ0n) is 34.9. The van der Waals surface area contributed by atoms with Crippen molar-refractivity contribution in [1.29, 1.82) is 0 Å². The first-order chi connectivity index (χ1) is 26.8. The van der Waals surface area contributed by atoms with Crippen LogP contribution in [0.5, 0.6) is 5.75 Å². The maximum atomic E-state index is 10.5. The molecule has 0 spiro atoms. The van der Waals surface area contributed by atoms with Gasteiger partial charge in [0.05, 0.1) is 16.4 Å². The zero-order chi connectivity index (χ0) is 39.6. The number of benzene rings is 8. The van der Waals surface area contributed by atoms with E-state index in [1.807, 2.05) is 0 Å². The predicted octanol–water partition coefficient (Wildman–Crippen LogP) is 11.8. The van der Waals surface area contributed by atoms with Crippen molar-refractivity contribution in [2.45, 2.75) is 0 Å². The van der Waals surface area contributed by atoms with Gasteiger partial charge in [-0.1, -0.05) is 115 Å². The number of hydrogen-bond donors (Lipinski definition) is 1. The highest BCUT2D eigenvalue weighted by Gasteiger charge is 2.18. The second-order valence-corrected chi connectivity index (χ2v) is 10.4. The Morgan fingerprint density at radius 3 is 1.66 bits per heavy atom. The molecule has 0 atom stereocenters. The first-order valence-corrected chi connectivity index (χ1v) is 13.9. The predicted molar refractivity (Wildman–Crippen MR) is 184 cm³/mol. The smallest absolute Gasteiger partial charge is 0.136 e. The molecule has 0 saturated heterocycles. The molecule has 0 amide bonds. The summed E-state index contributed by atoms with van der Waals surface area (Å²) in [6.45, 7) is 0. The minimum atomic E-state index is -0.835. The van der Waals surface area contributed by atoms with Gasteiger partial charge in [-0.15, -0.1) is 0 Å². The molecule has 2 heteroatoms. The third-order valence-electron chi connectivity index (χ3n) is 7.87. The second kappa shape index (κ2) is 9.58. The lowest BCUT2D eigenvalue weighted by molar-refractivity contribution is 0.476. The highest BCUT2D eigenvalue weighted by Crippen LogP contribution is 2.45. The Balaban J connectivity index is 1.43. The van der Waals surface area contributed by atoms with Crippen molar-refractivity contribution < 1.29 is 26.0 Å². The van der Waals surface area contributed by atoms with Crippen molar-refractivity contribution in [2.75, 3.05) is 0 Å². The Morgan fingerprint density at radius 2 is 0.977 bits per heavy atom. The van der Waals surface area contributed by atoms with Gasteiger partial charge in [0.1, 0.15) is 16.9 Å². The van der Waals surface area contributed by atoms with E-state index in [0.717, 1.165) is 0 Å². The van der Waals surface area contributed by atoms with E-state index in [-0.39, 0.29) is 79.6 Å². The molecule has 1 heterocycles. The Bertz CT molecular complexity index is 3140. The molecular formula is C42H26O2. The average molecular weight is 575 g/mol. The van der Waals surface area contributed by atoms with E-state index in [0.29, 0.717) is 38.2 Å². The monoisotopic (exact) mass is 574 g/mol. The van der Waals surface area contributed by atoms with Gasteiger partial charge in [-0.05, 0) is 102 Å². The number of hydrogen-bond acceptors (Lipinski definition) is 2. The summed E-state index contributed by atoms with van der Waals surface area (Å²) in [7, 11) is 0. The zero-order valence-corrected chi connectivity index (χ0v) is 22.9. The van der Waals surface area contributed by atoms with Crippen LogP contribution in [0.2, 0.25) is 0 Å². The number of phenols is 1. The van der Waals surface area contributed by atoms with Crippen LogP contribution in [0.25, 0.3) is 87.6 Å². The van der Waals surface area contributed by atoms with E-state index in [1.165, 1.54) is 0 Å². The molecule has 0 unspecified atom stereocenters. The largest absolute Gasteiger partial charge is 0.508 e. The standard InChI is InChI=1S/C42H26O2/c43-32-20-18-29-25-40-38(24-31(29)22-32)37-23-30(19-21-39(37)44-40)42-35-12-6-4-10-33(35)41(34-11-5-7-13-36(34)42)28-16-14-27(15-17-28)26-8-2-1-3-9-26/h1-25,43H/i14D,15D,16D,17D,18D,19D,20D,21D,22D,23D,24D,25D. The fourth-order valence-corrected chi connectivity index (χ4v) is 5.92. The summed E-state index contributed by atoms with van der Waals surface area (Å²) in [4.78, 5) is 0. The van der Waals surface area contributed by atoms with Gasteiger partial charge >= 0.3 is 0 Å². The van der Waals surface area contributed by atoms with Crippen LogP contribution >= 0.6 is 0 Å². The van der Waals surface area contributed by atoms with Crippen LogP contribution in [0.15, 0.2) is 156 Å². The Labute approximate surface area is 270 Å². The van der Waals surface area contributed by atoms with Gasteiger partial charge < -0.3 is 9.52 Å². The quantitative estimate of drug-likeness (QED) is 0.213. The SMILES string of the molecule is [2H]c1c([2H])c(-c2c3ccccc3c(-c3c([2H])c([2H])c4oc5c([2H])c6c([2H])c([2H])c(O)c([2H])c6c([2H])c5c4c3[2H])c3ccccc23)c([2H])c([2H])c1-c1ccccc1. The van der Waals surface area contributed by atoms with Crippen molar-refractivity contribution in [3.05, 3.63) is 151 Å². The van der Waals surface area contributed by atoms with Crippen LogP contribution in [0.4, 0.5) is 0 Å². The van der Waals surface area contributed by atoms with E-state index in [1.54, 1.807) is 78.9 Å². The summed E-state index contributed by atoms with van der Waals surface area (Å²) >= 11 is 0. The first kappa shape index (κ1) is 15.6. The molecule has 0 fully saturated rings. The third kappa shape index (κ3) is 3.82. The first-order valence-electron chi connectivity index (χ1n) is 19.9. The van der Waals surface area contributed by atoms with Gasteiger partial charge in [-0.2, -0.15) is 0 Å². The van der Waals surface area contributed by atoms with E-state index in [4.69, 9.17) is 14.0 Å². The summed E-state index contributed by atoms with van der Waals surface area (Å²) in [6, 6.07) is 18.0. The lowest BCUT2D eigenvalue weighted by Gasteiger charge is -2.18. The molecule has 2 nitrogen and oxygen atoms in total. The molecule has 44 heavy (non-hydrogen) atoms. The van der Waals surface area contributed by atoms with Gasteiger partial charge in [0.25, 0.3) is 0 Å². The summed E-state index contributed by atoms with van der Waals surface area (Å²) in [5, 5.41) is 11.7. The maximum Gasteiger partial charge on any atom is 0.136 e. The molecule has 206 valence electrons. The summed E-state index contributed by atoms with van der Waals surface area (Å²) in [6.07, 6.45) is 0. The molecule has 9 rings (SSSR count). The van der Waals surface area contributed by atoms with Crippen LogP contribution in [-0.4, -0.2) is 5.11 Å². The minimum Gasteiger partial charge on any atom is -0.508 e. The van der Waals surface area contributed by atoms with Crippen LogP contribution < -0.4 is 0 Å². The topological polar surface area (TPSA) is 33.4 Å². The van der Waals surface area contributed by atoms with Crippen LogP contribution in [0, 0.1) is 0 Å². The summed E-state index contributed by atoms with van der Waals surface area (Å²) in [5.41, 5.74) is 1.03. The van der Waals surface area contributed by atoms with Crippen molar-refractivity contribution in [2.24, 2.45) is 0 Å². The van der Waals surface area contributed by atoms with Crippen LogP contribution in [0.1, 0.15) is 16.4 Å². The molecule has 0 bridgehead atoms. The molecule has 0 aliphatic heterocycles. The van der Waals surface area contributed by atoms with Gasteiger partial charge in [0.15, 0.2) is 0 Å². The summed E-state index contributed by atoms with van der Waals surface area (Å²) < 4.78 is 114. The number of fused-ring (bicyclic) bond motifs is 6. The summed E-state index contributed by atoms with van der Waals surface area (Å²) in [5.74, 6) is -0.835. The fourth-order valence-electron chi connectivity index (χ4n) is 5.92. The molecule has 0 aliphatic carbocycles. The molecular weight excluding hydrogens is 536 g/mol.